The lowest BCUT2D eigenvalue weighted by atomic mass is 9.98. The molecule has 1 fully saturated rings. The zero-order chi connectivity index (χ0) is 12.5. The predicted octanol–water partition coefficient (Wildman–Crippen LogP) is 3.08. The quantitative estimate of drug-likeness (QED) is 0.887. The third kappa shape index (κ3) is 2.97. The maximum atomic E-state index is 13.3. The predicted molar refractivity (Wildman–Crippen MR) is 56.1 cm³/mol. The van der Waals surface area contributed by atoms with E-state index in [1.807, 2.05) is 0 Å². The van der Waals surface area contributed by atoms with Gasteiger partial charge in [0, 0.05) is 19.0 Å². The van der Waals surface area contributed by atoms with Crippen LogP contribution in [0.25, 0.3) is 0 Å². The van der Waals surface area contributed by atoms with E-state index in [0.717, 1.165) is 0 Å². The smallest absolute Gasteiger partial charge is 0.248 e. The Balaban J connectivity index is 1.99. The molecule has 0 spiro atoms. The summed E-state index contributed by atoms with van der Waals surface area (Å²) in [6.45, 7) is 0. The number of aliphatic hydroxyl groups is 1. The second-order valence-corrected chi connectivity index (χ2v) is 4.59. The Morgan fingerprint density at radius 1 is 1.53 bits per heavy atom. The Hall–Kier alpha value is -1.10. The van der Waals surface area contributed by atoms with Crippen LogP contribution < -0.4 is 0 Å². The number of hydrogen-bond donors (Lipinski definition) is 1. The van der Waals surface area contributed by atoms with Gasteiger partial charge in [0.15, 0.2) is 0 Å². The molecule has 94 valence electrons. The zero-order valence-corrected chi connectivity index (χ0v) is 9.24. The van der Waals surface area contributed by atoms with Crippen LogP contribution in [0.15, 0.2) is 18.3 Å². The first-order valence-corrected chi connectivity index (χ1v) is 5.64. The molecule has 5 heteroatoms. The van der Waals surface area contributed by atoms with Crippen molar-refractivity contribution in [3.63, 3.8) is 0 Å². The van der Waals surface area contributed by atoms with Crippen molar-refractivity contribution < 1.29 is 18.3 Å². The number of aliphatic hydroxyl groups excluding tert-OH is 1. The number of halogens is 3. The average Bonchev–Trinajstić information content (AvgIpc) is 2.58. The summed E-state index contributed by atoms with van der Waals surface area (Å²) >= 11 is 0. The summed E-state index contributed by atoms with van der Waals surface area (Å²) < 4.78 is 39.2. The van der Waals surface area contributed by atoms with E-state index in [1.165, 1.54) is 18.3 Å². The molecule has 1 saturated carbocycles. The van der Waals surface area contributed by atoms with Gasteiger partial charge in [-0.15, -0.1) is 0 Å². The van der Waals surface area contributed by atoms with Crippen LogP contribution in [0.3, 0.4) is 0 Å². The van der Waals surface area contributed by atoms with Gasteiger partial charge in [0.1, 0.15) is 11.5 Å². The standard InChI is InChI=1S/C12H14F3NO/c13-9-2-1-5-16-11(9)10(17)6-8-3-4-12(14,15)7-8/h1-2,5,8,10,17H,3-4,6-7H2. The van der Waals surface area contributed by atoms with E-state index in [4.69, 9.17) is 0 Å². The molecule has 0 saturated heterocycles. The number of nitrogens with zero attached hydrogens (tertiary/aromatic N) is 1. The molecule has 1 aromatic rings. The molecule has 2 atom stereocenters. The van der Waals surface area contributed by atoms with E-state index in [0.29, 0.717) is 6.42 Å². The number of pyridine rings is 1. The highest BCUT2D eigenvalue weighted by Crippen LogP contribution is 2.42. The molecule has 1 aromatic heterocycles. The molecule has 0 bridgehead atoms. The van der Waals surface area contributed by atoms with E-state index < -0.39 is 17.8 Å². The number of aromatic nitrogens is 1. The van der Waals surface area contributed by atoms with Gasteiger partial charge < -0.3 is 5.11 Å². The van der Waals surface area contributed by atoms with Crippen molar-refractivity contribution in [2.75, 3.05) is 0 Å². The van der Waals surface area contributed by atoms with Crippen molar-refractivity contribution in [2.24, 2.45) is 5.92 Å². The highest BCUT2D eigenvalue weighted by Gasteiger charge is 2.40. The minimum absolute atomic E-state index is 0.0530. The van der Waals surface area contributed by atoms with Crippen LogP contribution >= 0.6 is 0 Å². The fraction of sp³-hybridized carbons (Fsp3) is 0.583. The number of rotatable bonds is 3. The molecule has 1 heterocycles. The Kier molecular flexibility index (Phi) is 3.38. The molecule has 0 amide bonds. The maximum Gasteiger partial charge on any atom is 0.248 e. The van der Waals surface area contributed by atoms with E-state index in [-0.39, 0.29) is 30.9 Å². The first-order valence-electron chi connectivity index (χ1n) is 5.64. The van der Waals surface area contributed by atoms with Gasteiger partial charge in [-0.1, -0.05) is 0 Å². The number of hydrogen-bond acceptors (Lipinski definition) is 2. The highest BCUT2D eigenvalue weighted by molar-refractivity contribution is 5.10. The topological polar surface area (TPSA) is 33.1 Å². The van der Waals surface area contributed by atoms with E-state index >= 15 is 0 Å². The van der Waals surface area contributed by atoms with Crippen molar-refractivity contribution in [3.05, 3.63) is 29.8 Å². The van der Waals surface area contributed by atoms with Gasteiger partial charge in [-0.3, -0.25) is 4.98 Å². The minimum atomic E-state index is -2.63. The fourth-order valence-electron chi connectivity index (χ4n) is 2.31. The molecule has 2 rings (SSSR count). The van der Waals surface area contributed by atoms with Crippen LogP contribution in [0, 0.1) is 11.7 Å². The van der Waals surface area contributed by atoms with Crippen molar-refractivity contribution >= 4 is 0 Å². The van der Waals surface area contributed by atoms with Crippen molar-refractivity contribution in [2.45, 2.75) is 37.7 Å². The minimum Gasteiger partial charge on any atom is -0.387 e. The van der Waals surface area contributed by atoms with Crippen LogP contribution in [0.2, 0.25) is 0 Å². The van der Waals surface area contributed by atoms with E-state index in [9.17, 15) is 18.3 Å². The highest BCUT2D eigenvalue weighted by atomic mass is 19.3. The first kappa shape index (κ1) is 12.4. The molecule has 2 unspecified atom stereocenters. The van der Waals surface area contributed by atoms with Gasteiger partial charge in [0.2, 0.25) is 5.92 Å². The normalized spacial score (nSPS) is 24.8. The maximum absolute atomic E-state index is 13.3. The number of alkyl halides is 2. The largest absolute Gasteiger partial charge is 0.387 e. The Morgan fingerprint density at radius 3 is 2.88 bits per heavy atom. The molecular weight excluding hydrogens is 231 g/mol. The molecule has 1 N–H and O–H groups in total. The van der Waals surface area contributed by atoms with Crippen molar-refractivity contribution in [1.29, 1.82) is 0 Å². The SMILES string of the molecule is OC(CC1CCC(F)(F)C1)c1ncccc1F. The van der Waals surface area contributed by atoms with Crippen LogP contribution in [0.5, 0.6) is 0 Å². The molecule has 17 heavy (non-hydrogen) atoms. The summed E-state index contributed by atoms with van der Waals surface area (Å²) in [6.07, 6.45) is 0.427. The Morgan fingerprint density at radius 2 is 2.29 bits per heavy atom. The summed E-state index contributed by atoms with van der Waals surface area (Å²) in [6, 6.07) is 2.63. The molecule has 1 aliphatic carbocycles. The van der Waals surface area contributed by atoms with Crippen LogP contribution in [-0.2, 0) is 0 Å². The zero-order valence-electron chi connectivity index (χ0n) is 9.24. The van der Waals surface area contributed by atoms with Gasteiger partial charge in [-0.2, -0.15) is 0 Å². The van der Waals surface area contributed by atoms with Crippen molar-refractivity contribution in [1.82, 2.24) is 4.98 Å². The van der Waals surface area contributed by atoms with Gasteiger partial charge in [-0.25, -0.2) is 13.2 Å². The molecule has 0 radical (unpaired) electrons. The lowest BCUT2D eigenvalue weighted by Gasteiger charge is -2.15. The van der Waals surface area contributed by atoms with Crippen LogP contribution in [-0.4, -0.2) is 16.0 Å². The summed E-state index contributed by atoms with van der Waals surface area (Å²) in [5.41, 5.74) is -0.0530. The fourth-order valence-corrected chi connectivity index (χ4v) is 2.31. The monoisotopic (exact) mass is 245 g/mol. The van der Waals surface area contributed by atoms with Gasteiger partial charge in [0.25, 0.3) is 0 Å². The summed E-state index contributed by atoms with van der Waals surface area (Å²) in [4.78, 5) is 3.74. The second kappa shape index (κ2) is 4.64. The lowest BCUT2D eigenvalue weighted by molar-refractivity contribution is 0.00238. The molecule has 1 aliphatic rings. The Bertz CT molecular complexity index is 397. The van der Waals surface area contributed by atoms with E-state index in [1.54, 1.807) is 0 Å². The summed E-state index contributed by atoms with van der Waals surface area (Å²) in [7, 11) is 0. The third-order valence-electron chi connectivity index (χ3n) is 3.16. The van der Waals surface area contributed by atoms with Crippen LogP contribution in [0.4, 0.5) is 13.2 Å². The average molecular weight is 245 g/mol. The van der Waals surface area contributed by atoms with Crippen LogP contribution in [0.1, 0.15) is 37.5 Å². The molecule has 2 nitrogen and oxygen atoms in total. The van der Waals surface area contributed by atoms with E-state index in [2.05, 4.69) is 4.98 Å². The molecular formula is C12H14F3NO. The Labute approximate surface area is 97.5 Å². The summed E-state index contributed by atoms with van der Waals surface area (Å²) in [5.74, 6) is -3.49. The molecule has 0 aromatic carbocycles. The van der Waals surface area contributed by atoms with Gasteiger partial charge in [-0.05, 0) is 30.9 Å². The first-order chi connectivity index (χ1) is 7.98. The van der Waals surface area contributed by atoms with Crippen molar-refractivity contribution in [3.8, 4) is 0 Å². The van der Waals surface area contributed by atoms with Gasteiger partial charge >= 0.3 is 0 Å². The summed E-state index contributed by atoms with van der Waals surface area (Å²) in [5, 5.41) is 9.78. The molecule has 0 aliphatic heterocycles. The third-order valence-corrected chi connectivity index (χ3v) is 3.16. The lowest BCUT2D eigenvalue weighted by Crippen LogP contribution is -2.12. The van der Waals surface area contributed by atoms with Gasteiger partial charge in [0.05, 0.1) is 6.10 Å². The second-order valence-electron chi connectivity index (χ2n) is 4.59.